The molecule has 0 aromatic carbocycles. The van der Waals surface area contributed by atoms with E-state index in [1.807, 2.05) is 4.90 Å². The van der Waals surface area contributed by atoms with Gasteiger partial charge in [-0.1, -0.05) is 13.8 Å². The van der Waals surface area contributed by atoms with Crippen molar-refractivity contribution in [3.05, 3.63) is 0 Å². The minimum absolute atomic E-state index is 0.00605. The summed E-state index contributed by atoms with van der Waals surface area (Å²) in [6, 6.07) is 0.378. The van der Waals surface area contributed by atoms with E-state index >= 15 is 0 Å². The third-order valence-electron chi connectivity index (χ3n) is 4.83. The molecule has 3 amide bonds. The van der Waals surface area contributed by atoms with Crippen LogP contribution in [0.4, 0.5) is 4.79 Å². The number of likely N-dealkylation sites (tertiary alicyclic amines) is 1. The monoisotopic (exact) mass is 324 g/mol. The summed E-state index contributed by atoms with van der Waals surface area (Å²) in [6.45, 7) is 9.49. The minimum Gasteiger partial charge on any atom is -0.356 e. The average Bonchev–Trinajstić information content (AvgIpc) is 3.39. The molecular weight excluding hydrogens is 292 g/mol. The predicted octanol–water partition coefficient (Wildman–Crippen LogP) is 1.42. The van der Waals surface area contributed by atoms with Gasteiger partial charge in [0, 0.05) is 25.7 Å². The maximum absolute atomic E-state index is 12.3. The van der Waals surface area contributed by atoms with Crippen LogP contribution in [0.3, 0.4) is 0 Å². The van der Waals surface area contributed by atoms with E-state index in [9.17, 15) is 9.59 Å². The van der Waals surface area contributed by atoms with Gasteiger partial charge in [0.1, 0.15) is 0 Å². The van der Waals surface area contributed by atoms with Crippen molar-refractivity contribution < 1.29 is 9.59 Å². The quantitative estimate of drug-likeness (QED) is 0.664. The van der Waals surface area contributed by atoms with E-state index in [2.05, 4.69) is 29.4 Å². The maximum atomic E-state index is 12.3. The van der Waals surface area contributed by atoms with Gasteiger partial charge < -0.3 is 20.4 Å². The van der Waals surface area contributed by atoms with E-state index < -0.39 is 0 Å². The molecule has 0 aromatic heterocycles. The average molecular weight is 324 g/mol. The van der Waals surface area contributed by atoms with Crippen LogP contribution in [-0.4, -0.2) is 67.0 Å². The van der Waals surface area contributed by atoms with Crippen LogP contribution in [0.15, 0.2) is 0 Å². The van der Waals surface area contributed by atoms with E-state index in [4.69, 9.17) is 0 Å². The fourth-order valence-electron chi connectivity index (χ4n) is 3.07. The molecule has 1 unspecified atom stereocenters. The van der Waals surface area contributed by atoms with Gasteiger partial charge in [0.25, 0.3) is 0 Å². The van der Waals surface area contributed by atoms with Gasteiger partial charge in [0.05, 0.1) is 5.92 Å². The molecule has 2 N–H and O–H groups in total. The highest BCUT2D eigenvalue weighted by molar-refractivity contribution is 5.81. The van der Waals surface area contributed by atoms with Gasteiger partial charge in [-0.3, -0.25) is 4.79 Å². The third-order valence-corrected chi connectivity index (χ3v) is 4.83. The van der Waals surface area contributed by atoms with E-state index in [0.717, 1.165) is 64.8 Å². The molecule has 2 fully saturated rings. The van der Waals surface area contributed by atoms with Crippen molar-refractivity contribution in [3.63, 3.8) is 0 Å². The summed E-state index contributed by atoms with van der Waals surface area (Å²) in [4.78, 5) is 28.6. The SMILES string of the molecule is CCN(CC)CCCNC(=O)C1CCCN(C(=O)NC2CC2)C1. The Labute approximate surface area is 140 Å². The number of piperidine rings is 1. The van der Waals surface area contributed by atoms with Gasteiger partial charge in [-0.15, -0.1) is 0 Å². The maximum Gasteiger partial charge on any atom is 0.317 e. The largest absolute Gasteiger partial charge is 0.356 e. The van der Waals surface area contributed by atoms with E-state index in [1.54, 1.807) is 0 Å². The Hall–Kier alpha value is -1.30. The third kappa shape index (κ3) is 6.01. The Bertz CT molecular complexity index is 394. The van der Waals surface area contributed by atoms with E-state index in [1.165, 1.54) is 0 Å². The molecule has 2 aliphatic rings. The Morgan fingerprint density at radius 1 is 1.17 bits per heavy atom. The van der Waals surface area contributed by atoms with Crippen LogP contribution in [0.2, 0.25) is 0 Å². The lowest BCUT2D eigenvalue weighted by molar-refractivity contribution is -0.126. The smallest absolute Gasteiger partial charge is 0.317 e. The van der Waals surface area contributed by atoms with Gasteiger partial charge in [-0.2, -0.15) is 0 Å². The molecule has 23 heavy (non-hydrogen) atoms. The summed E-state index contributed by atoms with van der Waals surface area (Å²) in [5.41, 5.74) is 0. The summed E-state index contributed by atoms with van der Waals surface area (Å²) in [6.07, 6.45) is 4.96. The lowest BCUT2D eigenvalue weighted by Gasteiger charge is -2.32. The molecule has 0 radical (unpaired) electrons. The first-order chi connectivity index (χ1) is 11.1. The lowest BCUT2D eigenvalue weighted by atomic mass is 9.97. The second kappa shape index (κ2) is 9.11. The minimum atomic E-state index is -0.0536. The summed E-state index contributed by atoms with van der Waals surface area (Å²) in [5.74, 6) is 0.0515. The number of hydrogen-bond acceptors (Lipinski definition) is 3. The van der Waals surface area contributed by atoms with Crippen molar-refractivity contribution in [3.8, 4) is 0 Å². The van der Waals surface area contributed by atoms with Crippen molar-refractivity contribution in [2.24, 2.45) is 5.92 Å². The Morgan fingerprint density at radius 2 is 1.91 bits per heavy atom. The molecule has 1 aliphatic heterocycles. The molecule has 132 valence electrons. The number of carbonyl (C=O) groups is 2. The van der Waals surface area contributed by atoms with Crippen LogP contribution in [0.25, 0.3) is 0 Å². The number of rotatable bonds is 8. The Morgan fingerprint density at radius 3 is 2.57 bits per heavy atom. The molecule has 6 heteroatoms. The molecule has 1 heterocycles. The van der Waals surface area contributed by atoms with Crippen LogP contribution in [0.1, 0.15) is 46.0 Å². The predicted molar refractivity (Wildman–Crippen MR) is 91.3 cm³/mol. The zero-order chi connectivity index (χ0) is 16.7. The zero-order valence-corrected chi connectivity index (χ0v) is 14.6. The van der Waals surface area contributed by atoms with Crippen LogP contribution in [-0.2, 0) is 4.79 Å². The highest BCUT2D eigenvalue weighted by Crippen LogP contribution is 2.21. The molecule has 0 bridgehead atoms. The van der Waals surface area contributed by atoms with Crippen LogP contribution in [0, 0.1) is 5.92 Å². The number of carbonyl (C=O) groups excluding carboxylic acids is 2. The van der Waals surface area contributed by atoms with Crippen LogP contribution >= 0.6 is 0 Å². The molecule has 0 aromatic rings. The van der Waals surface area contributed by atoms with Gasteiger partial charge in [-0.25, -0.2) is 4.79 Å². The number of urea groups is 1. The van der Waals surface area contributed by atoms with Gasteiger partial charge in [0.15, 0.2) is 0 Å². The fourth-order valence-corrected chi connectivity index (χ4v) is 3.07. The molecular formula is C17H32N4O2. The number of nitrogens with zero attached hydrogens (tertiary/aromatic N) is 2. The van der Waals surface area contributed by atoms with Crippen molar-refractivity contribution in [1.29, 1.82) is 0 Å². The van der Waals surface area contributed by atoms with E-state index in [-0.39, 0.29) is 17.9 Å². The highest BCUT2D eigenvalue weighted by atomic mass is 16.2. The second-order valence-electron chi connectivity index (χ2n) is 6.68. The second-order valence-corrected chi connectivity index (χ2v) is 6.68. The van der Waals surface area contributed by atoms with Crippen molar-refractivity contribution in [1.82, 2.24) is 20.4 Å². The first-order valence-electron chi connectivity index (χ1n) is 9.19. The van der Waals surface area contributed by atoms with Crippen LogP contribution in [0.5, 0.6) is 0 Å². The fraction of sp³-hybridized carbons (Fsp3) is 0.882. The van der Waals surface area contributed by atoms with Gasteiger partial charge in [-0.05, 0) is 51.7 Å². The Kier molecular flexibility index (Phi) is 7.15. The van der Waals surface area contributed by atoms with Gasteiger partial charge in [0.2, 0.25) is 5.91 Å². The topological polar surface area (TPSA) is 64.7 Å². The number of amides is 3. The first kappa shape index (κ1) is 18.0. The summed E-state index contributed by atoms with van der Waals surface area (Å²) in [5, 5.41) is 6.05. The first-order valence-corrected chi connectivity index (χ1v) is 9.19. The lowest BCUT2D eigenvalue weighted by Crippen LogP contribution is -2.49. The molecule has 1 saturated carbocycles. The summed E-state index contributed by atoms with van der Waals surface area (Å²) < 4.78 is 0. The number of hydrogen-bond donors (Lipinski definition) is 2. The molecule has 1 aliphatic carbocycles. The normalized spacial score (nSPS) is 21.3. The standard InChI is InChI=1S/C17H32N4O2/c1-3-20(4-2)11-6-10-18-16(22)14-7-5-12-21(13-14)17(23)19-15-8-9-15/h14-15H,3-13H2,1-2H3,(H,18,22)(H,19,23). The van der Waals surface area contributed by atoms with Crippen LogP contribution < -0.4 is 10.6 Å². The molecule has 2 rings (SSSR count). The molecule has 1 saturated heterocycles. The van der Waals surface area contributed by atoms with Gasteiger partial charge >= 0.3 is 6.03 Å². The number of nitrogens with one attached hydrogen (secondary N) is 2. The van der Waals surface area contributed by atoms with Crippen molar-refractivity contribution in [2.45, 2.75) is 52.0 Å². The summed E-state index contributed by atoms with van der Waals surface area (Å²) >= 11 is 0. The van der Waals surface area contributed by atoms with Crippen molar-refractivity contribution in [2.75, 3.05) is 39.3 Å². The Balaban J connectivity index is 1.66. The molecule has 1 atom stereocenters. The summed E-state index contributed by atoms with van der Waals surface area (Å²) in [7, 11) is 0. The molecule has 6 nitrogen and oxygen atoms in total. The zero-order valence-electron chi connectivity index (χ0n) is 14.6. The van der Waals surface area contributed by atoms with E-state index in [0.29, 0.717) is 12.6 Å². The molecule has 0 spiro atoms. The highest BCUT2D eigenvalue weighted by Gasteiger charge is 2.31. The van der Waals surface area contributed by atoms with Crippen molar-refractivity contribution >= 4 is 11.9 Å².